The van der Waals surface area contributed by atoms with Crippen LogP contribution in [0, 0.1) is 12.3 Å². The fourth-order valence-electron chi connectivity index (χ4n) is 4.78. The fourth-order valence-corrected chi connectivity index (χ4v) is 5.60. The van der Waals surface area contributed by atoms with E-state index in [0.29, 0.717) is 34.3 Å². The molecule has 2 N–H and O–H groups in total. The van der Waals surface area contributed by atoms with E-state index in [4.69, 9.17) is 4.98 Å². The van der Waals surface area contributed by atoms with Crippen molar-refractivity contribution >= 4 is 23.4 Å². The van der Waals surface area contributed by atoms with Crippen LogP contribution in [-0.2, 0) is 10.5 Å². The molecule has 0 bridgehead atoms. The summed E-state index contributed by atoms with van der Waals surface area (Å²) in [5.41, 5.74) is 5.04. The molecule has 0 amide bonds. The highest BCUT2D eigenvalue weighted by molar-refractivity contribution is 7.98. The van der Waals surface area contributed by atoms with Gasteiger partial charge in [-0.25, -0.2) is 4.98 Å². The summed E-state index contributed by atoms with van der Waals surface area (Å²) in [6.45, 7) is 6.25. The van der Waals surface area contributed by atoms with E-state index in [1.54, 1.807) is 0 Å². The van der Waals surface area contributed by atoms with Crippen molar-refractivity contribution in [3.63, 3.8) is 0 Å². The van der Waals surface area contributed by atoms with Gasteiger partial charge in [-0.2, -0.15) is 0 Å². The molecular weight excluding hydrogens is 430 g/mol. The number of allylic oxidation sites excluding steroid dienone is 2. The Labute approximate surface area is 197 Å². The number of thioether (sulfide) groups is 1. The number of benzene rings is 2. The lowest BCUT2D eigenvalue weighted by Gasteiger charge is -2.38. The molecule has 0 spiro atoms. The number of carbonyl (C=O) groups excluding carboxylic acids is 1. The summed E-state index contributed by atoms with van der Waals surface area (Å²) in [6.07, 6.45) is 1.22. The molecular formula is C27H27N3O2S. The molecule has 0 unspecified atom stereocenters. The summed E-state index contributed by atoms with van der Waals surface area (Å²) in [6, 6.07) is 18.2. The Hall–Kier alpha value is -3.12. The number of anilines is 1. The number of rotatable bonds is 4. The van der Waals surface area contributed by atoms with Crippen molar-refractivity contribution in [2.24, 2.45) is 5.41 Å². The summed E-state index contributed by atoms with van der Waals surface area (Å²) in [4.78, 5) is 34.4. The molecule has 168 valence electrons. The molecule has 1 atom stereocenters. The zero-order chi connectivity index (χ0) is 23.2. The van der Waals surface area contributed by atoms with Crippen molar-refractivity contribution in [1.29, 1.82) is 0 Å². The lowest BCUT2D eigenvalue weighted by molar-refractivity contribution is -0.118. The minimum atomic E-state index is -0.412. The number of hydrogen-bond donors (Lipinski definition) is 2. The van der Waals surface area contributed by atoms with Gasteiger partial charge in [-0.05, 0) is 29.9 Å². The van der Waals surface area contributed by atoms with Gasteiger partial charge in [0, 0.05) is 29.4 Å². The zero-order valence-electron chi connectivity index (χ0n) is 19.1. The SMILES string of the molecule is Cc1ccc([C@H]2C3=C(CC(C)(C)CC3=O)Nc3nc(SCc4ccccc4)[nH]c(=O)c32)cc1. The molecule has 2 aliphatic rings. The predicted molar refractivity (Wildman–Crippen MR) is 133 cm³/mol. The summed E-state index contributed by atoms with van der Waals surface area (Å²) in [5, 5.41) is 3.96. The maximum atomic E-state index is 13.4. The van der Waals surface area contributed by atoms with Gasteiger partial charge in [0.25, 0.3) is 5.56 Å². The molecule has 33 heavy (non-hydrogen) atoms. The second-order valence-corrected chi connectivity index (χ2v) is 10.7. The Bertz CT molecular complexity index is 1310. The molecule has 0 radical (unpaired) electrons. The molecule has 1 aliphatic carbocycles. The number of carbonyl (C=O) groups is 1. The average Bonchev–Trinajstić information content (AvgIpc) is 2.77. The quantitative estimate of drug-likeness (QED) is 0.396. The fraction of sp³-hybridized carbons (Fsp3) is 0.296. The molecule has 2 heterocycles. The molecule has 5 rings (SSSR count). The maximum absolute atomic E-state index is 13.4. The van der Waals surface area contributed by atoms with Gasteiger partial charge in [-0.15, -0.1) is 0 Å². The minimum Gasteiger partial charge on any atom is -0.343 e. The van der Waals surface area contributed by atoms with E-state index in [-0.39, 0.29) is 16.8 Å². The summed E-state index contributed by atoms with van der Waals surface area (Å²) in [7, 11) is 0. The molecule has 0 saturated heterocycles. The van der Waals surface area contributed by atoms with Crippen LogP contribution >= 0.6 is 11.8 Å². The van der Waals surface area contributed by atoms with Crippen LogP contribution in [-0.4, -0.2) is 15.8 Å². The van der Waals surface area contributed by atoms with Crippen molar-refractivity contribution in [2.45, 2.75) is 50.4 Å². The van der Waals surface area contributed by atoms with Crippen LogP contribution in [0.5, 0.6) is 0 Å². The van der Waals surface area contributed by atoms with E-state index in [9.17, 15) is 9.59 Å². The largest absolute Gasteiger partial charge is 0.343 e. The van der Waals surface area contributed by atoms with Gasteiger partial charge in [0.1, 0.15) is 5.82 Å². The third-order valence-electron chi connectivity index (χ3n) is 6.33. The number of fused-ring (bicyclic) bond motifs is 1. The number of ketones is 1. The first-order chi connectivity index (χ1) is 15.8. The number of hydrogen-bond acceptors (Lipinski definition) is 5. The third kappa shape index (κ3) is 4.27. The van der Waals surface area contributed by atoms with Gasteiger partial charge in [0.15, 0.2) is 10.9 Å². The number of aryl methyl sites for hydroxylation is 1. The lowest BCUT2D eigenvalue weighted by atomic mass is 9.69. The highest BCUT2D eigenvalue weighted by atomic mass is 32.2. The minimum absolute atomic E-state index is 0.104. The molecule has 5 nitrogen and oxygen atoms in total. The monoisotopic (exact) mass is 457 g/mol. The van der Waals surface area contributed by atoms with Crippen LogP contribution in [0.1, 0.15) is 54.9 Å². The predicted octanol–water partition coefficient (Wildman–Crippen LogP) is 5.57. The Morgan fingerprint density at radius 3 is 2.48 bits per heavy atom. The molecule has 0 saturated carbocycles. The normalized spacial score (nSPS) is 19.0. The molecule has 0 fully saturated rings. The highest BCUT2D eigenvalue weighted by Crippen LogP contribution is 2.47. The first kappa shape index (κ1) is 21.7. The number of aromatic nitrogens is 2. The second kappa shape index (κ2) is 8.34. The highest BCUT2D eigenvalue weighted by Gasteiger charge is 2.42. The molecule has 3 aromatic rings. The first-order valence-electron chi connectivity index (χ1n) is 11.2. The van der Waals surface area contributed by atoms with Crippen LogP contribution in [0.2, 0.25) is 0 Å². The van der Waals surface area contributed by atoms with Gasteiger partial charge in [0.2, 0.25) is 0 Å². The molecule has 2 aromatic carbocycles. The third-order valence-corrected chi connectivity index (χ3v) is 7.27. The van der Waals surface area contributed by atoms with Crippen molar-refractivity contribution in [3.05, 3.63) is 98.5 Å². The molecule has 1 aromatic heterocycles. The Morgan fingerprint density at radius 1 is 1.03 bits per heavy atom. The van der Waals surface area contributed by atoms with E-state index in [0.717, 1.165) is 28.8 Å². The first-order valence-corrected chi connectivity index (χ1v) is 12.2. The smallest absolute Gasteiger partial charge is 0.257 e. The van der Waals surface area contributed by atoms with Crippen LogP contribution < -0.4 is 10.9 Å². The van der Waals surface area contributed by atoms with Gasteiger partial charge in [-0.3, -0.25) is 9.59 Å². The number of aromatic amines is 1. The van der Waals surface area contributed by atoms with Gasteiger partial charge >= 0.3 is 0 Å². The van der Waals surface area contributed by atoms with Crippen molar-refractivity contribution < 1.29 is 4.79 Å². The maximum Gasteiger partial charge on any atom is 0.257 e. The lowest BCUT2D eigenvalue weighted by Crippen LogP contribution is -2.37. The van der Waals surface area contributed by atoms with Gasteiger partial charge in [0.05, 0.1) is 5.56 Å². The van der Waals surface area contributed by atoms with Crippen LogP contribution in [0.3, 0.4) is 0 Å². The van der Waals surface area contributed by atoms with E-state index < -0.39 is 5.92 Å². The average molecular weight is 458 g/mol. The van der Waals surface area contributed by atoms with Crippen LogP contribution in [0.25, 0.3) is 0 Å². The van der Waals surface area contributed by atoms with Crippen LogP contribution in [0.4, 0.5) is 5.82 Å². The summed E-state index contributed by atoms with van der Waals surface area (Å²) in [5.74, 6) is 0.963. The second-order valence-electron chi connectivity index (χ2n) is 9.71. The van der Waals surface area contributed by atoms with E-state index in [1.807, 2.05) is 49.4 Å². The van der Waals surface area contributed by atoms with Gasteiger partial charge in [-0.1, -0.05) is 85.8 Å². The van der Waals surface area contributed by atoms with Crippen molar-refractivity contribution in [3.8, 4) is 0 Å². The summed E-state index contributed by atoms with van der Waals surface area (Å²) >= 11 is 1.50. The standard InChI is InChI=1S/C27H27N3O2S/c1-16-9-11-18(12-10-16)21-22-19(13-27(2,3)14-20(22)31)28-24-23(21)25(32)30-26(29-24)33-15-17-7-5-4-6-8-17/h4-12,21H,13-15H2,1-3H3,(H2,28,29,30,32)/t21-/m0/s1. The van der Waals surface area contributed by atoms with Gasteiger partial charge < -0.3 is 10.3 Å². The van der Waals surface area contributed by atoms with Crippen molar-refractivity contribution in [1.82, 2.24) is 9.97 Å². The number of Topliss-reactive ketones (excluding diaryl/α,β-unsaturated/α-hetero) is 1. The number of nitrogens with zero attached hydrogens (tertiary/aromatic N) is 1. The Balaban J connectivity index is 1.59. The number of nitrogens with one attached hydrogen (secondary N) is 2. The molecule has 1 aliphatic heterocycles. The number of H-pyrrole nitrogens is 1. The summed E-state index contributed by atoms with van der Waals surface area (Å²) < 4.78 is 0. The topological polar surface area (TPSA) is 74.8 Å². The van der Waals surface area contributed by atoms with E-state index in [1.165, 1.54) is 11.8 Å². The van der Waals surface area contributed by atoms with Crippen molar-refractivity contribution in [2.75, 3.05) is 5.32 Å². The van der Waals surface area contributed by atoms with E-state index in [2.05, 4.69) is 36.3 Å². The van der Waals surface area contributed by atoms with Crippen LogP contribution in [0.15, 0.2) is 75.8 Å². The zero-order valence-corrected chi connectivity index (χ0v) is 19.9. The Morgan fingerprint density at radius 2 is 1.76 bits per heavy atom. The Kier molecular flexibility index (Phi) is 5.49. The van der Waals surface area contributed by atoms with E-state index >= 15 is 0 Å². The molecule has 6 heteroatoms.